The molecule has 166 valence electrons. The molecule has 2 aliphatic carbocycles. The predicted molar refractivity (Wildman–Crippen MR) is 96.1 cm³/mol. The summed E-state index contributed by atoms with van der Waals surface area (Å²) in [5.41, 5.74) is 2.84. The molecule has 0 aromatic heterocycles. The van der Waals surface area contributed by atoms with E-state index in [1.54, 1.807) is 0 Å². The maximum absolute atomic E-state index is 14.1. The second-order valence-corrected chi connectivity index (χ2v) is 8.57. The van der Waals surface area contributed by atoms with E-state index in [1.165, 1.54) is 11.9 Å². The molecule has 2 saturated carbocycles. The van der Waals surface area contributed by atoms with Gasteiger partial charge in [0.05, 0.1) is 5.92 Å². The standard InChI is InChI=1S/C18H28F4N4O3/c1-10-14(19)8-11(9-15(10)26(28)29)17(27)24-12-2-4-13(5-3-12)25-16(6-7-23-25)18(20,21)22/h10-16,23H,2-9H2,1H3,(H,24,27). The van der Waals surface area contributed by atoms with Gasteiger partial charge in [0.15, 0.2) is 0 Å². The van der Waals surface area contributed by atoms with Crippen molar-refractivity contribution in [3.05, 3.63) is 10.1 Å². The van der Waals surface area contributed by atoms with Gasteiger partial charge in [0.1, 0.15) is 12.2 Å². The van der Waals surface area contributed by atoms with Crippen molar-refractivity contribution in [2.45, 2.75) is 88.4 Å². The highest BCUT2D eigenvalue weighted by Crippen LogP contribution is 2.35. The van der Waals surface area contributed by atoms with Crippen molar-refractivity contribution in [2.75, 3.05) is 6.54 Å². The summed E-state index contributed by atoms with van der Waals surface area (Å²) < 4.78 is 53.6. The molecule has 0 bridgehead atoms. The number of hydrogen-bond donors (Lipinski definition) is 2. The fourth-order valence-corrected chi connectivity index (χ4v) is 4.92. The molecule has 1 heterocycles. The van der Waals surface area contributed by atoms with Gasteiger partial charge in [-0.2, -0.15) is 13.2 Å². The van der Waals surface area contributed by atoms with Crippen LogP contribution >= 0.6 is 0 Å². The minimum absolute atomic E-state index is 0.0146. The Labute approximate surface area is 166 Å². The fraction of sp³-hybridized carbons (Fsp3) is 0.944. The highest BCUT2D eigenvalue weighted by atomic mass is 19.4. The second kappa shape index (κ2) is 8.71. The third-order valence-electron chi connectivity index (χ3n) is 6.72. The SMILES string of the molecule is CC1C(F)CC(C(=O)NC2CCC(N3NCCC3C(F)(F)F)CC2)CC1[N+](=O)[O-]. The quantitative estimate of drug-likeness (QED) is 0.412. The van der Waals surface area contributed by atoms with E-state index in [0.717, 1.165) is 0 Å². The maximum atomic E-state index is 14.1. The van der Waals surface area contributed by atoms with E-state index in [4.69, 9.17) is 0 Å². The minimum atomic E-state index is -4.27. The number of hydrazine groups is 1. The number of hydrogen-bond acceptors (Lipinski definition) is 5. The summed E-state index contributed by atoms with van der Waals surface area (Å²) >= 11 is 0. The second-order valence-electron chi connectivity index (χ2n) is 8.57. The highest BCUT2D eigenvalue weighted by Gasteiger charge is 2.49. The Morgan fingerprint density at radius 3 is 2.41 bits per heavy atom. The van der Waals surface area contributed by atoms with Crippen LogP contribution in [0, 0.1) is 22.0 Å². The van der Waals surface area contributed by atoms with Crippen LogP contribution in [-0.4, -0.2) is 58.9 Å². The van der Waals surface area contributed by atoms with Crippen LogP contribution in [0.1, 0.15) is 51.9 Å². The van der Waals surface area contributed by atoms with E-state index >= 15 is 0 Å². The number of carbonyl (C=O) groups is 1. The summed E-state index contributed by atoms with van der Waals surface area (Å²) in [4.78, 5) is 23.2. The van der Waals surface area contributed by atoms with Crippen LogP contribution in [-0.2, 0) is 4.79 Å². The molecule has 5 atom stereocenters. The van der Waals surface area contributed by atoms with Crippen LogP contribution in [0.3, 0.4) is 0 Å². The van der Waals surface area contributed by atoms with Gasteiger partial charge in [-0.15, -0.1) is 0 Å². The molecule has 3 rings (SSSR count). The number of alkyl halides is 4. The molecule has 0 aromatic carbocycles. The largest absolute Gasteiger partial charge is 0.405 e. The Kier molecular flexibility index (Phi) is 6.67. The Morgan fingerprint density at radius 2 is 1.83 bits per heavy atom. The lowest BCUT2D eigenvalue weighted by Gasteiger charge is -2.38. The van der Waals surface area contributed by atoms with Crippen molar-refractivity contribution in [2.24, 2.45) is 11.8 Å². The predicted octanol–water partition coefficient (Wildman–Crippen LogP) is 2.58. The number of nitrogens with zero attached hydrogens (tertiary/aromatic N) is 2. The lowest BCUT2D eigenvalue weighted by Crippen LogP contribution is -2.54. The molecule has 5 unspecified atom stereocenters. The molecule has 0 aromatic rings. The lowest BCUT2D eigenvalue weighted by molar-refractivity contribution is -0.538. The first-order chi connectivity index (χ1) is 13.6. The third kappa shape index (κ3) is 4.99. The third-order valence-corrected chi connectivity index (χ3v) is 6.72. The normalized spacial score (nSPS) is 39.3. The Morgan fingerprint density at radius 1 is 1.17 bits per heavy atom. The zero-order valence-electron chi connectivity index (χ0n) is 16.3. The first-order valence-corrected chi connectivity index (χ1v) is 10.2. The number of halogens is 4. The number of carbonyl (C=O) groups excluding carboxylic acids is 1. The van der Waals surface area contributed by atoms with Crippen molar-refractivity contribution in [3.8, 4) is 0 Å². The van der Waals surface area contributed by atoms with Gasteiger partial charge >= 0.3 is 6.18 Å². The number of nitro groups is 1. The summed E-state index contributed by atoms with van der Waals surface area (Å²) in [6.07, 6.45) is -3.58. The number of nitrogens with one attached hydrogen (secondary N) is 2. The molecular formula is C18H28F4N4O3. The van der Waals surface area contributed by atoms with Crippen LogP contribution in [0.2, 0.25) is 0 Å². The van der Waals surface area contributed by atoms with Crippen molar-refractivity contribution < 1.29 is 27.3 Å². The van der Waals surface area contributed by atoms with E-state index in [-0.39, 0.29) is 37.3 Å². The molecule has 0 radical (unpaired) electrons. The first kappa shape index (κ1) is 22.2. The van der Waals surface area contributed by atoms with E-state index in [2.05, 4.69) is 10.7 Å². The average molecular weight is 424 g/mol. The van der Waals surface area contributed by atoms with Gasteiger partial charge in [-0.05, 0) is 38.5 Å². The Bertz CT molecular complexity index is 612. The molecule has 7 nitrogen and oxygen atoms in total. The van der Waals surface area contributed by atoms with Crippen LogP contribution in [0.4, 0.5) is 17.6 Å². The molecule has 1 saturated heterocycles. The minimum Gasteiger partial charge on any atom is -0.353 e. The molecule has 3 aliphatic rings. The van der Waals surface area contributed by atoms with Gasteiger partial charge in [0.25, 0.3) is 0 Å². The monoisotopic (exact) mass is 424 g/mol. The van der Waals surface area contributed by atoms with Gasteiger partial charge in [-0.1, -0.05) is 6.92 Å². The average Bonchev–Trinajstić information content (AvgIpc) is 3.14. The molecule has 1 aliphatic heterocycles. The number of rotatable bonds is 4. The van der Waals surface area contributed by atoms with E-state index in [9.17, 15) is 32.5 Å². The highest BCUT2D eigenvalue weighted by molar-refractivity contribution is 5.79. The van der Waals surface area contributed by atoms with Crippen molar-refractivity contribution in [3.63, 3.8) is 0 Å². The molecule has 11 heteroatoms. The van der Waals surface area contributed by atoms with Gasteiger partial charge in [0.2, 0.25) is 11.9 Å². The summed E-state index contributed by atoms with van der Waals surface area (Å²) in [7, 11) is 0. The smallest absolute Gasteiger partial charge is 0.353 e. The van der Waals surface area contributed by atoms with Gasteiger partial charge in [0, 0.05) is 35.9 Å². The lowest BCUT2D eigenvalue weighted by atomic mass is 9.77. The molecule has 0 spiro atoms. The van der Waals surface area contributed by atoms with Crippen LogP contribution in [0.5, 0.6) is 0 Å². The zero-order valence-corrected chi connectivity index (χ0v) is 16.3. The summed E-state index contributed by atoms with van der Waals surface area (Å²) in [5.74, 6) is -1.86. The van der Waals surface area contributed by atoms with E-state index in [1.807, 2.05) is 0 Å². The Balaban J connectivity index is 1.50. The van der Waals surface area contributed by atoms with Crippen molar-refractivity contribution >= 4 is 5.91 Å². The zero-order chi connectivity index (χ0) is 21.3. The molecule has 2 N–H and O–H groups in total. The first-order valence-electron chi connectivity index (χ1n) is 10.2. The maximum Gasteiger partial charge on any atom is 0.405 e. The summed E-state index contributed by atoms with van der Waals surface area (Å²) in [5, 5.41) is 15.3. The molecule has 1 amide bonds. The van der Waals surface area contributed by atoms with Crippen LogP contribution in [0.25, 0.3) is 0 Å². The van der Waals surface area contributed by atoms with E-state index < -0.39 is 41.2 Å². The van der Waals surface area contributed by atoms with E-state index in [0.29, 0.717) is 32.2 Å². The Hall–Kier alpha value is -1.49. The summed E-state index contributed by atoms with van der Waals surface area (Å²) in [6, 6.07) is -3.01. The molecule has 29 heavy (non-hydrogen) atoms. The van der Waals surface area contributed by atoms with Crippen LogP contribution in [0.15, 0.2) is 0 Å². The van der Waals surface area contributed by atoms with Crippen molar-refractivity contribution in [1.82, 2.24) is 15.8 Å². The fourth-order valence-electron chi connectivity index (χ4n) is 4.92. The van der Waals surface area contributed by atoms with Gasteiger partial charge in [-0.3, -0.25) is 20.3 Å². The summed E-state index contributed by atoms with van der Waals surface area (Å²) in [6.45, 7) is 1.79. The topological polar surface area (TPSA) is 87.5 Å². The van der Waals surface area contributed by atoms with Gasteiger partial charge < -0.3 is 5.32 Å². The van der Waals surface area contributed by atoms with Crippen LogP contribution < -0.4 is 10.7 Å². The van der Waals surface area contributed by atoms with Crippen molar-refractivity contribution in [1.29, 1.82) is 0 Å². The molecular weight excluding hydrogens is 396 g/mol. The van der Waals surface area contributed by atoms with Gasteiger partial charge in [-0.25, -0.2) is 9.40 Å². The number of amides is 1. The molecule has 3 fully saturated rings.